The molecule has 0 aliphatic heterocycles. The van der Waals surface area contributed by atoms with E-state index in [1.165, 1.54) is 209 Å². The number of hydrogen-bond acceptors (Lipinski definition) is 3. The molecule has 0 radical (unpaired) electrons. The molecule has 0 N–H and O–H groups in total. The molecule has 2 aliphatic carbocycles. The van der Waals surface area contributed by atoms with E-state index < -0.39 is 0 Å². The highest BCUT2D eigenvalue weighted by Gasteiger charge is 2.32. The van der Waals surface area contributed by atoms with Gasteiger partial charge in [0.15, 0.2) is 0 Å². The summed E-state index contributed by atoms with van der Waals surface area (Å²) in [5, 5.41) is 22.9. The van der Waals surface area contributed by atoms with Crippen LogP contribution in [0, 0.1) is 11.9 Å². The fourth-order valence-electron chi connectivity index (χ4n) is 23.8. The normalized spacial score (nSPS) is 12.2. The molecule has 10 aromatic heterocycles. The van der Waals surface area contributed by atoms with Crippen LogP contribution in [0.2, 0.25) is 0 Å². The van der Waals surface area contributed by atoms with Gasteiger partial charge in [0.2, 0.25) is 5.69 Å². The Morgan fingerprint density at radius 2 is 0.446 bits per heavy atom. The van der Waals surface area contributed by atoms with Crippen molar-refractivity contribution in [2.75, 3.05) is 0 Å². The summed E-state index contributed by atoms with van der Waals surface area (Å²) in [5.41, 5.74) is 29.6. The molecular formula is C136H92F2N7S3+. The van der Waals surface area contributed by atoms with Crippen molar-refractivity contribution >= 4 is 248 Å². The largest absolute Gasteiger partial charge is 0.309 e. The predicted molar refractivity (Wildman–Crippen MR) is 632 cm³/mol. The van der Waals surface area contributed by atoms with Crippen molar-refractivity contribution in [2.24, 2.45) is 0 Å². The molecule has 0 saturated carbocycles. The van der Waals surface area contributed by atoms with Crippen molar-refractivity contribution in [3.63, 3.8) is 0 Å². The van der Waals surface area contributed by atoms with Crippen LogP contribution in [-0.2, 0) is 6.42 Å². The zero-order valence-electron chi connectivity index (χ0n) is 77.9. The molecule has 0 amide bonds. The minimum Gasteiger partial charge on any atom is -0.309 e. The highest BCUT2D eigenvalue weighted by atomic mass is 32.1. The first-order chi connectivity index (χ1) is 71.8. The van der Waals surface area contributed by atoms with E-state index in [9.17, 15) is 0 Å². The first-order valence-corrected chi connectivity index (χ1v) is 51.5. The van der Waals surface area contributed by atoms with Crippen LogP contribution in [0.4, 0.5) is 8.78 Å². The fourth-order valence-corrected chi connectivity index (χ4v) is 27.0. The SMILES string of the molecule is C.C.C.FC1=C[C+]=Cc2c1n(-c1ccc3sc4ccc(-n5c6ccccc6c6ccccc65)cc4c3c1)c1ccccc21.Fc1cccc2c3ccccc3n(-c3ccc4sc5ccc(-n6c7ccccc7c7ccccc76)cc5c4c3)c12.c1ccc2c(c1)Cc1ccccc1-2.c1ccc2c(c1)c1ccccc1n2-c1ccc2sc3ccc(-n4c5ccccc5c5cccc(-n6c7ccccc7c7ccccc76)c54)cc3c2c1. The molecule has 21 aromatic carbocycles. The van der Waals surface area contributed by atoms with E-state index in [0.717, 1.165) is 67.6 Å². The van der Waals surface area contributed by atoms with Crippen LogP contribution in [0.25, 0.3) is 265 Å². The number of nitrogens with zero attached hydrogens (tertiary/aromatic N) is 7. The first kappa shape index (κ1) is 88.8. The fraction of sp³-hybridized carbons (Fsp3) is 0.0294. The molecule has 0 spiro atoms. The summed E-state index contributed by atoms with van der Waals surface area (Å²) in [6.07, 6.45) is 7.38. The third kappa shape index (κ3) is 13.6. The number of fused-ring (bicyclic) bond motifs is 33. The number of hydrogen-bond donors (Lipinski definition) is 0. The number of aromatic nitrogens is 7. The second-order valence-electron chi connectivity index (χ2n) is 37.8. The lowest BCUT2D eigenvalue weighted by molar-refractivity contribution is 0.635. The monoisotopic (exact) mass is 1960 g/mol. The zero-order valence-corrected chi connectivity index (χ0v) is 80.3. The summed E-state index contributed by atoms with van der Waals surface area (Å²) in [6.45, 7) is 0. The van der Waals surface area contributed by atoms with Gasteiger partial charge in [-0.25, -0.2) is 4.39 Å². The lowest BCUT2D eigenvalue weighted by atomic mass is 10.1. The maximum atomic E-state index is 15.3. The molecule has 10 heterocycles. The van der Waals surface area contributed by atoms with Crippen LogP contribution >= 0.6 is 34.0 Å². The highest BCUT2D eigenvalue weighted by Crippen LogP contribution is 2.49. The predicted octanol–water partition coefficient (Wildman–Crippen LogP) is 39.1. The van der Waals surface area contributed by atoms with Crippen molar-refractivity contribution in [1.29, 1.82) is 0 Å². The Labute approximate surface area is 863 Å². The topological polar surface area (TPSA) is 34.5 Å². The average Bonchev–Trinajstić information content (AvgIpc) is 1.55. The Bertz CT molecular complexity index is 10700. The van der Waals surface area contributed by atoms with Gasteiger partial charge < -0.3 is 27.4 Å². The van der Waals surface area contributed by atoms with Gasteiger partial charge in [-0.15, -0.1) is 38.4 Å². The molecule has 148 heavy (non-hydrogen) atoms. The second-order valence-corrected chi connectivity index (χ2v) is 41.0. The van der Waals surface area contributed by atoms with Crippen molar-refractivity contribution in [3.8, 4) is 50.9 Å². The molecular weight excluding hydrogens is 1870 g/mol. The van der Waals surface area contributed by atoms with Gasteiger partial charge in [0.1, 0.15) is 23.5 Å². The van der Waals surface area contributed by atoms with E-state index >= 15 is 8.78 Å². The summed E-state index contributed by atoms with van der Waals surface area (Å²) < 4.78 is 54.3. The lowest BCUT2D eigenvalue weighted by Crippen LogP contribution is -2.00. The van der Waals surface area contributed by atoms with Crippen LogP contribution in [0.15, 0.2) is 467 Å². The number of thiophene rings is 3. The van der Waals surface area contributed by atoms with E-state index in [-0.39, 0.29) is 33.9 Å². The van der Waals surface area contributed by atoms with Crippen LogP contribution in [0.5, 0.6) is 0 Å². The molecule has 2 aliphatic rings. The molecule has 702 valence electrons. The number of halogens is 2. The van der Waals surface area contributed by atoms with Crippen molar-refractivity contribution in [2.45, 2.75) is 28.7 Å². The lowest BCUT2D eigenvalue weighted by Gasteiger charge is -2.14. The smallest absolute Gasteiger partial charge is 0.266 e. The molecule has 12 heteroatoms. The van der Waals surface area contributed by atoms with Gasteiger partial charge in [0, 0.05) is 165 Å². The van der Waals surface area contributed by atoms with Gasteiger partial charge in [0.05, 0.1) is 82.8 Å². The van der Waals surface area contributed by atoms with Gasteiger partial charge >= 0.3 is 0 Å². The minimum absolute atomic E-state index is 0. The third-order valence-electron chi connectivity index (χ3n) is 30.0. The van der Waals surface area contributed by atoms with E-state index in [4.69, 9.17) is 0 Å². The summed E-state index contributed by atoms with van der Waals surface area (Å²) in [4.78, 5) is 0. The van der Waals surface area contributed by atoms with Gasteiger partial charge in [-0.2, -0.15) is 0 Å². The molecule has 0 fully saturated rings. The molecule has 31 aromatic rings. The van der Waals surface area contributed by atoms with E-state index in [1.807, 2.05) is 52.3 Å². The van der Waals surface area contributed by atoms with Crippen LogP contribution in [0.1, 0.15) is 44.7 Å². The molecule has 0 unspecified atom stereocenters. The molecule has 33 rings (SSSR count). The standard InChI is InChI=1S/C48H29N3S.C36H21FN2S.C36H20FN2S.C13H10.3CH4/c1-6-18-40-32(12-1)33-13-2-7-19-41(33)49(40)30-24-26-46-38(28-30)39-29-31(25-27-47(39)52-46)50-42-20-8-5-16-36(42)37-17-11-23-45(48(37)50)51-43-21-9-3-14-34(43)35-15-4-10-22-44(35)51;2*37-30-12-7-11-27-26-10-3-6-15-33(26)39(36(27)30)23-17-19-35-29(21-23)28-20-22(16-18-34(28)40-35)38-31-13-4-1-8-24(31)25-9-2-5-14-32(25)38;1-3-7-12-10(5-1)9-11-6-2-4-8-13(11)12;;;/h1-29H;1-21H;1-6,8-21H;1-8H,9H2;3*1H4/q;;+1;;;;. The Kier molecular flexibility index (Phi) is 21.1. The van der Waals surface area contributed by atoms with E-state index in [2.05, 4.69) is 452 Å². The molecule has 0 bridgehead atoms. The van der Waals surface area contributed by atoms with E-state index in [0.29, 0.717) is 11.2 Å². The molecule has 7 nitrogen and oxygen atoms in total. The van der Waals surface area contributed by atoms with E-state index in [1.54, 1.807) is 34.8 Å². The Morgan fingerprint density at radius 3 is 0.784 bits per heavy atom. The summed E-state index contributed by atoms with van der Waals surface area (Å²) in [6, 6.07) is 165. The minimum atomic E-state index is -0.266. The Hall–Kier alpha value is -18.1. The zero-order chi connectivity index (χ0) is 95.3. The number of allylic oxidation sites excluding steroid dienone is 2. The highest BCUT2D eigenvalue weighted by molar-refractivity contribution is 7.26. The Morgan fingerprint density at radius 1 is 0.203 bits per heavy atom. The summed E-state index contributed by atoms with van der Waals surface area (Å²) >= 11 is 5.46. The van der Waals surface area contributed by atoms with Crippen LogP contribution < -0.4 is 0 Å². The summed E-state index contributed by atoms with van der Waals surface area (Å²) in [5.74, 6) is -0.477. The van der Waals surface area contributed by atoms with Crippen molar-refractivity contribution < 1.29 is 8.78 Å². The third-order valence-corrected chi connectivity index (χ3v) is 33.5. The summed E-state index contributed by atoms with van der Waals surface area (Å²) in [7, 11) is 0. The molecule has 0 atom stereocenters. The maximum Gasteiger partial charge on any atom is 0.266 e. The Balaban J connectivity index is 0.000000103. The van der Waals surface area contributed by atoms with Gasteiger partial charge in [0.25, 0.3) is 5.83 Å². The van der Waals surface area contributed by atoms with Gasteiger partial charge in [-0.1, -0.05) is 289 Å². The van der Waals surface area contributed by atoms with Crippen molar-refractivity contribution in [3.05, 3.63) is 501 Å². The van der Waals surface area contributed by atoms with Crippen molar-refractivity contribution in [1.82, 2.24) is 32.0 Å². The van der Waals surface area contributed by atoms with Crippen LogP contribution in [0.3, 0.4) is 0 Å². The number of benzene rings is 21. The number of para-hydroxylation sites is 13. The first-order valence-electron chi connectivity index (χ1n) is 49.1. The average molecular weight is 1960 g/mol. The van der Waals surface area contributed by atoms with Crippen LogP contribution in [-0.4, -0.2) is 32.0 Å². The molecule has 0 saturated heterocycles. The second kappa shape index (κ2) is 35.1. The maximum absolute atomic E-state index is 15.3. The number of rotatable bonds is 7. The quantitative estimate of drug-likeness (QED) is 0.143. The van der Waals surface area contributed by atoms with Gasteiger partial charge in [-0.05, 0) is 223 Å². The van der Waals surface area contributed by atoms with Gasteiger partial charge in [-0.3, -0.25) is 4.57 Å².